The van der Waals surface area contributed by atoms with Crippen LogP contribution in [0.5, 0.6) is 5.75 Å². The summed E-state index contributed by atoms with van der Waals surface area (Å²) in [5.74, 6) is 0.666. The minimum atomic E-state index is -3.51. The van der Waals surface area contributed by atoms with Crippen LogP contribution in [0.15, 0.2) is 53.4 Å². The number of hydrogen-bond donors (Lipinski definition) is 1. The predicted octanol–water partition coefficient (Wildman–Crippen LogP) is 4.08. The van der Waals surface area contributed by atoms with Gasteiger partial charge in [0.2, 0.25) is 15.9 Å². The van der Waals surface area contributed by atoms with Gasteiger partial charge in [-0.1, -0.05) is 26.0 Å². The number of carbonyl (C=O) groups excluding carboxylic acids is 1. The van der Waals surface area contributed by atoms with Gasteiger partial charge in [0.15, 0.2) is 0 Å². The summed E-state index contributed by atoms with van der Waals surface area (Å²) in [5.41, 5.74) is 1.63. The molecule has 1 amide bonds. The second-order valence-electron chi connectivity index (χ2n) is 6.82. The number of ether oxygens (including phenoxy) is 1. The fourth-order valence-electron chi connectivity index (χ4n) is 2.98. The average molecular weight is 419 g/mol. The monoisotopic (exact) mass is 418 g/mol. The second-order valence-corrected chi connectivity index (χ2v) is 8.76. The molecule has 0 aromatic heterocycles. The molecule has 0 saturated carbocycles. The first kappa shape index (κ1) is 22.9. The molecule has 0 atom stereocenters. The van der Waals surface area contributed by atoms with Crippen molar-refractivity contribution in [3.05, 3.63) is 54.1 Å². The minimum Gasteiger partial charge on any atom is -0.497 e. The quantitative estimate of drug-likeness (QED) is 0.597. The number of rotatable bonds is 11. The second kappa shape index (κ2) is 11.0. The molecule has 2 aromatic rings. The van der Waals surface area contributed by atoms with Crippen LogP contribution in [0.1, 0.15) is 38.7 Å². The number of nitrogens with zero attached hydrogens (tertiary/aromatic N) is 1. The Morgan fingerprint density at radius 3 is 2.07 bits per heavy atom. The molecule has 0 aliphatic rings. The summed E-state index contributed by atoms with van der Waals surface area (Å²) in [6.45, 7) is 4.92. The summed E-state index contributed by atoms with van der Waals surface area (Å²) in [5, 5.41) is 2.82. The Bertz CT molecular complexity index is 872. The Labute approximate surface area is 173 Å². The van der Waals surface area contributed by atoms with Crippen LogP contribution in [0.2, 0.25) is 0 Å². The summed E-state index contributed by atoms with van der Waals surface area (Å²) >= 11 is 0. The zero-order valence-corrected chi connectivity index (χ0v) is 18.2. The van der Waals surface area contributed by atoms with Crippen LogP contribution in [0.25, 0.3) is 0 Å². The van der Waals surface area contributed by atoms with Crippen molar-refractivity contribution in [2.24, 2.45) is 0 Å². The number of methoxy groups -OCH3 is 1. The van der Waals surface area contributed by atoms with E-state index in [1.807, 2.05) is 38.1 Å². The molecule has 0 radical (unpaired) electrons. The molecule has 0 bridgehead atoms. The third-order valence-corrected chi connectivity index (χ3v) is 6.43. The molecule has 0 spiro atoms. The Hall–Kier alpha value is -2.38. The van der Waals surface area contributed by atoms with Crippen molar-refractivity contribution in [1.29, 1.82) is 0 Å². The Morgan fingerprint density at radius 1 is 0.966 bits per heavy atom. The third-order valence-electron chi connectivity index (χ3n) is 4.52. The van der Waals surface area contributed by atoms with Crippen LogP contribution in [0.3, 0.4) is 0 Å². The zero-order chi connectivity index (χ0) is 21.3. The lowest BCUT2D eigenvalue weighted by Gasteiger charge is -2.21. The van der Waals surface area contributed by atoms with Gasteiger partial charge in [-0.05, 0) is 61.2 Å². The highest BCUT2D eigenvalue weighted by molar-refractivity contribution is 7.89. The Balaban J connectivity index is 1.95. The number of carbonyl (C=O) groups is 1. The molecule has 29 heavy (non-hydrogen) atoms. The first-order chi connectivity index (χ1) is 13.9. The molecule has 0 saturated heterocycles. The highest BCUT2D eigenvalue weighted by Crippen LogP contribution is 2.19. The van der Waals surface area contributed by atoms with Gasteiger partial charge in [0.1, 0.15) is 5.75 Å². The number of anilines is 1. The lowest BCUT2D eigenvalue weighted by atomic mass is 10.1. The van der Waals surface area contributed by atoms with Crippen molar-refractivity contribution in [2.45, 2.75) is 44.4 Å². The molecule has 0 unspecified atom stereocenters. The van der Waals surface area contributed by atoms with E-state index in [2.05, 4.69) is 5.32 Å². The van der Waals surface area contributed by atoms with E-state index in [1.165, 1.54) is 4.31 Å². The van der Waals surface area contributed by atoms with Gasteiger partial charge in [-0.2, -0.15) is 4.31 Å². The van der Waals surface area contributed by atoms with E-state index in [-0.39, 0.29) is 10.8 Å². The van der Waals surface area contributed by atoms with Crippen LogP contribution < -0.4 is 10.1 Å². The summed E-state index contributed by atoms with van der Waals surface area (Å²) in [7, 11) is -1.90. The highest BCUT2D eigenvalue weighted by Gasteiger charge is 2.22. The Kier molecular flexibility index (Phi) is 8.67. The summed E-state index contributed by atoms with van der Waals surface area (Å²) < 4.78 is 32.2. The first-order valence-electron chi connectivity index (χ1n) is 9.93. The molecule has 2 aromatic carbocycles. The van der Waals surface area contributed by atoms with E-state index in [9.17, 15) is 13.2 Å². The molecule has 1 N–H and O–H groups in total. The molecule has 0 aliphatic carbocycles. The van der Waals surface area contributed by atoms with Gasteiger partial charge in [0.25, 0.3) is 0 Å². The fourth-order valence-corrected chi connectivity index (χ4v) is 4.61. The SMILES string of the molecule is CCCN(CCC)S(=O)(=O)c1ccc(NC(=O)CCc2ccc(OC)cc2)cc1. The van der Waals surface area contributed by atoms with Gasteiger partial charge >= 0.3 is 0 Å². The van der Waals surface area contributed by atoms with Gasteiger partial charge in [-0.15, -0.1) is 0 Å². The fraction of sp³-hybridized carbons (Fsp3) is 0.409. The van der Waals surface area contributed by atoms with Crippen LogP contribution in [0, 0.1) is 0 Å². The topological polar surface area (TPSA) is 75.7 Å². The maximum Gasteiger partial charge on any atom is 0.243 e. The molecule has 2 rings (SSSR count). The lowest BCUT2D eigenvalue weighted by Crippen LogP contribution is -2.32. The Morgan fingerprint density at radius 2 is 1.55 bits per heavy atom. The molecular weight excluding hydrogens is 388 g/mol. The first-order valence-corrected chi connectivity index (χ1v) is 11.4. The molecule has 6 nitrogen and oxygen atoms in total. The van der Waals surface area contributed by atoms with Crippen molar-refractivity contribution in [2.75, 3.05) is 25.5 Å². The number of sulfonamides is 1. The average Bonchev–Trinajstić information content (AvgIpc) is 2.73. The molecular formula is C22H30N2O4S. The highest BCUT2D eigenvalue weighted by atomic mass is 32.2. The van der Waals surface area contributed by atoms with Crippen LogP contribution in [-0.4, -0.2) is 38.8 Å². The smallest absolute Gasteiger partial charge is 0.243 e. The van der Waals surface area contributed by atoms with E-state index < -0.39 is 10.0 Å². The van der Waals surface area contributed by atoms with Crippen LogP contribution in [0.4, 0.5) is 5.69 Å². The predicted molar refractivity (Wildman–Crippen MR) is 116 cm³/mol. The maximum atomic E-state index is 12.8. The third kappa shape index (κ3) is 6.58. The molecule has 0 aliphatic heterocycles. The molecule has 7 heteroatoms. The van der Waals surface area contributed by atoms with Gasteiger partial charge in [-0.25, -0.2) is 8.42 Å². The van der Waals surface area contributed by atoms with Crippen molar-refractivity contribution in [1.82, 2.24) is 4.31 Å². The van der Waals surface area contributed by atoms with Crippen molar-refractivity contribution >= 4 is 21.6 Å². The van der Waals surface area contributed by atoms with Crippen molar-refractivity contribution in [3.8, 4) is 5.75 Å². The standard InChI is InChI=1S/C22H30N2O4S/c1-4-16-24(17-5-2)29(26,27)21-13-9-19(10-14-21)23-22(25)15-8-18-6-11-20(28-3)12-7-18/h6-7,9-14H,4-5,8,15-17H2,1-3H3,(H,23,25). The largest absolute Gasteiger partial charge is 0.497 e. The van der Waals surface area contributed by atoms with Gasteiger partial charge in [-0.3, -0.25) is 4.79 Å². The maximum absolute atomic E-state index is 12.8. The van der Waals surface area contributed by atoms with Crippen molar-refractivity contribution in [3.63, 3.8) is 0 Å². The number of amides is 1. The van der Waals surface area contributed by atoms with E-state index >= 15 is 0 Å². The number of benzene rings is 2. The molecule has 0 fully saturated rings. The number of aryl methyl sites for hydroxylation is 1. The molecule has 158 valence electrons. The lowest BCUT2D eigenvalue weighted by molar-refractivity contribution is -0.116. The van der Waals surface area contributed by atoms with Gasteiger partial charge < -0.3 is 10.1 Å². The van der Waals surface area contributed by atoms with E-state index in [1.54, 1.807) is 31.4 Å². The minimum absolute atomic E-state index is 0.116. The van der Waals surface area contributed by atoms with Crippen LogP contribution in [-0.2, 0) is 21.2 Å². The summed E-state index contributed by atoms with van der Waals surface area (Å²) in [4.78, 5) is 12.5. The van der Waals surface area contributed by atoms with Crippen molar-refractivity contribution < 1.29 is 17.9 Å². The van der Waals surface area contributed by atoms with E-state index in [0.29, 0.717) is 31.6 Å². The summed E-state index contributed by atoms with van der Waals surface area (Å²) in [6.07, 6.45) is 2.49. The number of hydrogen-bond acceptors (Lipinski definition) is 4. The van der Waals surface area contributed by atoms with E-state index in [4.69, 9.17) is 4.74 Å². The normalized spacial score (nSPS) is 11.4. The van der Waals surface area contributed by atoms with Gasteiger partial charge in [0, 0.05) is 25.2 Å². The van der Waals surface area contributed by atoms with Gasteiger partial charge in [0.05, 0.1) is 12.0 Å². The molecule has 0 heterocycles. The summed E-state index contributed by atoms with van der Waals surface area (Å²) in [6, 6.07) is 14.0. The zero-order valence-electron chi connectivity index (χ0n) is 17.3. The van der Waals surface area contributed by atoms with E-state index in [0.717, 1.165) is 24.2 Å². The van der Waals surface area contributed by atoms with Crippen LogP contribution >= 0.6 is 0 Å². The number of nitrogens with one attached hydrogen (secondary N) is 1.